The summed E-state index contributed by atoms with van der Waals surface area (Å²) in [5.41, 5.74) is 4.33. The van der Waals surface area contributed by atoms with Gasteiger partial charge in [0.1, 0.15) is 0 Å². The molecule has 31 heavy (non-hydrogen) atoms. The normalized spacial score (nSPS) is 11.5. The summed E-state index contributed by atoms with van der Waals surface area (Å²) in [7, 11) is -3.34. The number of aromatic nitrogens is 2. The first-order chi connectivity index (χ1) is 14.7. The van der Waals surface area contributed by atoms with Crippen molar-refractivity contribution >= 4 is 27.3 Å². The van der Waals surface area contributed by atoms with E-state index in [1.807, 2.05) is 39.0 Å². The third-order valence-electron chi connectivity index (χ3n) is 5.19. The van der Waals surface area contributed by atoms with Crippen molar-refractivity contribution in [2.24, 2.45) is 0 Å². The molecule has 0 saturated carbocycles. The van der Waals surface area contributed by atoms with Crippen LogP contribution in [0.4, 0.5) is 0 Å². The number of carbonyl (C=O) groups excluding carboxylic acids is 1. The van der Waals surface area contributed by atoms with Crippen molar-refractivity contribution < 1.29 is 13.2 Å². The molecule has 1 N–H and O–H groups in total. The molecule has 1 heterocycles. The maximum Gasteiger partial charge on any atom is 0.224 e. The van der Waals surface area contributed by atoms with Crippen molar-refractivity contribution in [1.29, 1.82) is 0 Å². The molecule has 0 atom stereocenters. The summed E-state index contributed by atoms with van der Waals surface area (Å²) in [6.45, 7) is 6.02. The van der Waals surface area contributed by atoms with Crippen LogP contribution in [0.3, 0.4) is 0 Å². The lowest BCUT2D eigenvalue weighted by molar-refractivity contribution is -0.120. The second-order valence-electron chi connectivity index (χ2n) is 7.51. The van der Waals surface area contributed by atoms with E-state index >= 15 is 0 Å². The average molecular weight is 460 g/mol. The van der Waals surface area contributed by atoms with E-state index in [4.69, 9.17) is 11.6 Å². The Morgan fingerprint density at radius 3 is 2.48 bits per heavy atom. The van der Waals surface area contributed by atoms with Crippen LogP contribution in [-0.2, 0) is 21.1 Å². The smallest absolute Gasteiger partial charge is 0.224 e. The van der Waals surface area contributed by atoms with Crippen molar-refractivity contribution in [3.63, 3.8) is 0 Å². The molecule has 164 valence electrons. The molecule has 0 bridgehead atoms. The van der Waals surface area contributed by atoms with Gasteiger partial charge in [-0.1, -0.05) is 35.9 Å². The number of nitrogens with one attached hydrogen (secondary N) is 1. The molecular formula is C23H26ClN3O3S. The molecule has 0 unspecified atom stereocenters. The number of carbonyl (C=O) groups is 1. The minimum atomic E-state index is -3.34. The highest BCUT2D eigenvalue weighted by Crippen LogP contribution is 2.23. The highest BCUT2D eigenvalue weighted by atomic mass is 35.5. The fourth-order valence-corrected chi connectivity index (χ4v) is 4.86. The molecule has 0 aliphatic rings. The number of rotatable bonds is 8. The molecule has 0 saturated heterocycles. The van der Waals surface area contributed by atoms with Gasteiger partial charge in [0.2, 0.25) is 5.91 Å². The summed E-state index contributed by atoms with van der Waals surface area (Å²) in [6.07, 6.45) is 0.532. The number of nitrogens with zero attached hydrogens (tertiary/aromatic N) is 2. The number of benzene rings is 2. The van der Waals surface area contributed by atoms with Crippen molar-refractivity contribution in [1.82, 2.24) is 15.1 Å². The maximum absolute atomic E-state index is 12.4. The standard InChI is InChI=1S/C23H26ClN3O3S/c1-16-10-11-19(14-22(16)24)27-18(3)21(17(2)26-27)15-23(28)25-12-7-13-31(29,30)20-8-5-4-6-9-20/h4-6,8-11,14H,7,12-13,15H2,1-3H3,(H,25,28). The Labute approximate surface area is 188 Å². The van der Waals surface area contributed by atoms with Gasteiger partial charge in [-0.15, -0.1) is 0 Å². The Balaban J connectivity index is 1.58. The molecular weight excluding hydrogens is 434 g/mol. The topological polar surface area (TPSA) is 81.1 Å². The van der Waals surface area contributed by atoms with Crippen LogP contribution in [0.25, 0.3) is 5.69 Å². The molecule has 2 aromatic carbocycles. The third kappa shape index (κ3) is 5.54. The van der Waals surface area contributed by atoms with Gasteiger partial charge >= 0.3 is 0 Å². The van der Waals surface area contributed by atoms with Crippen LogP contribution in [0, 0.1) is 20.8 Å². The first kappa shape index (κ1) is 23.0. The Morgan fingerprint density at radius 2 is 1.81 bits per heavy atom. The van der Waals surface area contributed by atoms with E-state index in [0.29, 0.717) is 22.9 Å². The third-order valence-corrected chi connectivity index (χ3v) is 7.42. The summed E-state index contributed by atoms with van der Waals surface area (Å²) in [4.78, 5) is 12.7. The Kier molecular flexibility index (Phi) is 7.18. The number of sulfone groups is 1. The van der Waals surface area contributed by atoms with E-state index in [2.05, 4.69) is 10.4 Å². The molecule has 0 radical (unpaired) electrons. The van der Waals surface area contributed by atoms with Crippen LogP contribution in [0.1, 0.15) is 28.9 Å². The number of hydrogen-bond acceptors (Lipinski definition) is 4. The molecule has 3 aromatic rings. The Hall–Kier alpha value is -2.64. The molecule has 0 fully saturated rings. The molecule has 0 aliphatic heterocycles. The van der Waals surface area contributed by atoms with Crippen LogP contribution in [0.5, 0.6) is 0 Å². The number of halogens is 1. The van der Waals surface area contributed by atoms with Gasteiger partial charge in [-0.2, -0.15) is 5.10 Å². The van der Waals surface area contributed by atoms with E-state index in [1.165, 1.54) is 0 Å². The highest BCUT2D eigenvalue weighted by molar-refractivity contribution is 7.91. The number of hydrogen-bond donors (Lipinski definition) is 1. The van der Waals surface area contributed by atoms with E-state index < -0.39 is 9.84 Å². The van der Waals surface area contributed by atoms with Crippen LogP contribution < -0.4 is 5.32 Å². The summed E-state index contributed by atoms with van der Waals surface area (Å²) in [6, 6.07) is 14.1. The fraction of sp³-hybridized carbons (Fsp3) is 0.304. The second kappa shape index (κ2) is 9.66. The Bertz CT molecular complexity index is 1190. The number of aryl methyl sites for hydroxylation is 2. The largest absolute Gasteiger partial charge is 0.356 e. The monoisotopic (exact) mass is 459 g/mol. The van der Waals surface area contributed by atoms with Gasteiger partial charge in [-0.05, 0) is 57.0 Å². The van der Waals surface area contributed by atoms with Gasteiger partial charge in [0.15, 0.2) is 9.84 Å². The predicted molar refractivity (Wildman–Crippen MR) is 123 cm³/mol. The average Bonchev–Trinajstić information content (AvgIpc) is 3.02. The first-order valence-electron chi connectivity index (χ1n) is 10.0. The molecule has 0 aliphatic carbocycles. The van der Waals surface area contributed by atoms with Gasteiger partial charge in [0.25, 0.3) is 0 Å². The van der Waals surface area contributed by atoms with Crippen molar-refractivity contribution in [2.45, 2.75) is 38.5 Å². The molecule has 0 spiro atoms. The number of amides is 1. The van der Waals surface area contributed by atoms with Gasteiger partial charge in [-0.25, -0.2) is 13.1 Å². The van der Waals surface area contributed by atoms with Gasteiger partial charge in [0.05, 0.1) is 28.5 Å². The summed E-state index contributed by atoms with van der Waals surface area (Å²) in [5, 5.41) is 8.04. The van der Waals surface area contributed by atoms with Crippen LogP contribution in [-0.4, -0.2) is 36.4 Å². The quantitative estimate of drug-likeness (QED) is 0.517. The zero-order valence-corrected chi connectivity index (χ0v) is 19.4. The lowest BCUT2D eigenvalue weighted by Gasteiger charge is -2.08. The predicted octanol–water partition coefficient (Wildman–Crippen LogP) is 3.97. The van der Waals surface area contributed by atoms with E-state index in [-0.39, 0.29) is 18.1 Å². The minimum absolute atomic E-state index is 0.0124. The molecule has 8 heteroatoms. The van der Waals surface area contributed by atoms with Crippen LogP contribution in [0.15, 0.2) is 53.4 Å². The zero-order chi connectivity index (χ0) is 22.6. The second-order valence-corrected chi connectivity index (χ2v) is 10.0. The molecule has 1 amide bonds. The van der Waals surface area contributed by atoms with E-state index in [1.54, 1.807) is 35.0 Å². The van der Waals surface area contributed by atoms with Crippen molar-refractivity contribution in [3.8, 4) is 5.69 Å². The maximum atomic E-state index is 12.4. The molecule has 6 nitrogen and oxygen atoms in total. The molecule has 1 aromatic heterocycles. The Morgan fingerprint density at radius 1 is 1.10 bits per heavy atom. The zero-order valence-electron chi connectivity index (χ0n) is 17.9. The molecule has 3 rings (SSSR count). The lowest BCUT2D eigenvalue weighted by atomic mass is 10.1. The summed E-state index contributed by atoms with van der Waals surface area (Å²) < 4.78 is 26.4. The first-order valence-corrected chi connectivity index (χ1v) is 12.1. The van der Waals surface area contributed by atoms with Gasteiger partial charge < -0.3 is 5.32 Å². The summed E-state index contributed by atoms with van der Waals surface area (Å²) >= 11 is 6.24. The van der Waals surface area contributed by atoms with Crippen molar-refractivity contribution in [3.05, 3.63) is 76.1 Å². The van der Waals surface area contributed by atoms with Crippen LogP contribution >= 0.6 is 11.6 Å². The summed E-state index contributed by atoms with van der Waals surface area (Å²) in [5.74, 6) is -0.175. The van der Waals surface area contributed by atoms with Gasteiger partial charge in [-0.3, -0.25) is 4.79 Å². The SMILES string of the molecule is Cc1ccc(-n2nc(C)c(CC(=O)NCCCS(=O)(=O)c3ccccc3)c2C)cc1Cl. The van der Waals surface area contributed by atoms with E-state index in [0.717, 1.165) is 28.2 Å². The highest BCUT2D eigenvalue weighted by Gasteiger charge is 2.17. The minimum Gasteiger partial charge on any atom is -0.356 e. The van der Waals surface area contributed by atoms with Crippen molar-refractivity contribution in [2.75, 3.05) is 12.3 Å². The van der Waals surface area contributed by atoms with E-state index in [9.17, 15) is 13.2 Å². The van der Waals surface area contributed by atoms with Crippen LogP contribution in [0.2, 0.25) is 5.02 Å². The lowest BCUT2D eigenvalue weighted by Crippen LogP contribution is -2.27. The van der Waals surface area contributed by atoms with Gasteiger partial charge in [0, 0.05) is 22.8 Å². The fourth-order valence-electron chi connectivity index (χ4n) is 3.35.